The lowest BCUT2D eigenvalue weighted by atomic mass is 10.2. The molecule has 0 N–H and O–H groups in total. The summed E-state index contributed by atoms with van der Waals surface area (Å²) in [6.07, 6.45) is 2.44. The van der Waals surface area contributed by atoms with Crippen molar-refractivity contribution in [2.45, 2.75) is 10.2 Å². The van der Waals surface area contributed by atoms with Gasteiger partial charge in [0.25, 0.3) is 0 Å². The molecular weight excluding hydrogens is 252 g/mol. The van der Waals surface area contributed by atoms with Crippen LogP contribution in [-0.4, -0.2) is 10.9 Å². The highest BCUT2D eigenvalue weighted by atomic mass is 35.6. The molecule has 0 aliphatic rings. The Balaban J connectivity index is 2.81. The minimum Gasteiger partial charge on any atom is -0.256 e. The number of aryl methyl sites for hydroxylation is 1. The third-order valence-electron chi connectivity index (χ3n) is 1.50. The van der Waals surface area contributed by atoms with Gasteiger partial charge in [-0.1, -0.05) is 40.9 Å². The van der Waals surface area contributed by atoms with Gasteiger partial charge < -0.3 is 0 Å². The number of hydrogen-bond acceptors (Lipinski definition) is 1. The van der Waals surface area contributed by atoms with Crippen molar-refractivity contribution < 1.29 is 0 Å². The van der Waals surface area contributed by atoms with Crippen LogP contribution in [0.4, 0.5) is 0 Å². The maximum absolute atomic E-state index is 5.63. The zero-order valence-corrected chi connectivity index (χ0v) is 9.63. The first-order valence-electron chi connectivity index (χ1n) is 3.62. The fourth-order valence-electron chi connectivity index (χ4n) is 0.849. The maximum Gasteiger partial charge on any atom is 0.232 e. The Bertz CT molecular complexity index is 264. The molecule has 72 valence electrons. The van der Waals surface area contributed by atoms with Gasteiger partial charge in [-0.2, -0.15) is 0 Å². The number of aromatic nitrogens is 1. The van der Waals surface area contributed by atoms with Crippen molar-refractivity contribution in [2.24, 2.45) is 0 Å². The van der Waals surface area contributed by atoms with Crippen LogP contribution in [0.15, 0.2) is 18.3 Å². The third kappa shape index (κ3) is 3.51. The van der Waals surface area contributed by atoms with Gasteiger partial charge in [0, 0.05) is 12.1 Å². The van der Waals surface area contributed by atoms with E-state index in [1.807, 2.05) is 6.07 Å². The zero-order valence-electron chi connectivity index (χ0n) is 6.61. The molecule has 0 fully saturated rings. The highest BCUT2D eigenvalue weighted by molar-refractivity contribution is 6.66. The average molecular weight is 259 g/mol. The monoisotopic (exact) mass is 257 g/mol. The van der Waals surface area contributed by atoms with Gasteiger partial charge in [0.2, 0.25) is 3.79 Å². The number of rotatable bonds is 2. The van der Waals surface area contributed by atoms with E-state index in [1.54, 1.807) is 12.3 Å². The van der Waals surface area contributed by atoms with Crippen LogP contribution in [0, 0.1) is 0 Å². The average Bonchev–Trinajstić information content (AvgIpc) is 2.04. The maximum atomic E-state index is 5.63. The van der Waals surface area contributed by atoms with E-state index in [1.165, 1.54) is 0 Å². The molecule has 0 aliphatic carbocycles. The smallest absolute Gasteiger partial charge is 0.232 e. The van der Waals surface area contributed by atoms with Crippen molar-refractivity contribution in [3.8, 4) is 0 Å². The number of pyridine rings is 1. The largest absolute Gasteiger partial charge is 0.256 e. The Morgan fingerprint density at radius 3 is 2.31 bits per heavy atom. The first-order chi connectivity index (χ1) is 6.04. The Morgan fingerprint density at radius 2 is 1.92 bits per heavy atom. The van der Waals surface area contributed by atoms with Crippen molar-refractivity contribution in [1.82, 2.24) is 4.98 Å². The molecule has 0 aliphatic heterocycles. The fourth-order valence-corrected chi connectivity index (χ4v) is 1.40. The molecule has 0 bridgehead atoms. The summed E-state index contributed by atoms with van der Waals surface area (Å²) in [5.74, 6) is 0.564. The topological polar surface area (TPSA) is 12.9 Å². The van der Waals surface area contributed by atoms with E-state index in [0.29, 0.717) is 11.6 Å². The van der Waals surface area contributed by atoms with E-state index in [2.05, 4.69) is 4.98 Å². The number of halogens is 4. The van der Waals surface area contributed by atoms with Gasteiger partial charge in [0.1, 0.15) is 0 Å². The van der Waals surface area contributed by atoms with Crippen LogP contribution >= 0.6 is 46.4 Å². The minimum absolute atomic E-state index is 0.427. The van der Waals surface area contributed by atoms with Crippen molar-refractivity contribution in [2.75, 3.05) is 5.88 Å². The lowest BCUT2D eigenvalue weighted by Crippen LogP contribution is -2.03. The first-order valence-corrected chi connectivity index (χ1v) is 5.29. The molecule has 1 rings (SSSR count). The summed E-state index contributed by atoms with van der Waals surface area (Å²) in [4.78, 5) is 4.01. The molecule has 1 aromatic rings. The summed E-state index contributed by atoms with van der Waals surface area (Å²) in [7, 11) is 0. The Labute approximate surface area is 97.0 Å². The molecule has 1 nitrogen and oxygen atoms in total. The second kappa shape index (κ2) is 4.70. The van der Waals surface area contributed by atoms with Crippen LogP contribution in [0.1, 0.15) is 11.3 Å². The van der Waals surface area contributed by atoms with Crippen LogP contribution in [0.5, 0.6) is 0 Å². The number of hydrogen-bond donors (Lipinski definition) is 0. The standard InChI is InChI=1S/C8H7Cl4N/c9-4-3-6-1-2-7(13-5-6)8(10,11)12/h1-2,5H,3-4H2. The lowest BCUT2D eigenvalue weighted by Gasteiger charge is -2.09. The summed E-state index contributed by atoms with van der Waals surface area (Å²) < 4.78 is -1.44. The van der Waals surface area contributed by atoms with Crippen LogP contribution in [-0.2, 0) is 10.2 Å². The summed E-state index contributed by atoms with van der Waals surface area (Å²) in [6, 6.07) is 3.54. The molecule has 13 heavy (non-hydrogen) atoms. The van der Waals surface area contributed by atoms with Gasteiger partial charge in [-0.25, -0.2) is 0 Å². The Kier molecular flexibility index (Phi) is 4.11. The molecule has 0 radical (unpaired) electrons. The van der Waals surface area contributed by atoms with E-state index in [0.717, 1.165) is 12.0 Å². The molecule has 0 atom stereocenters. The third-order valence-corrected chi connectivity index (χ3v) is 2.27. The Hall–Kier alpha value is 0.310. The lowest BCUT2D eigenvalue weighted by molar-refractivity contribution is 1.04. The van der Waals surface area contributed by atoms with Gasteiger partial charge in [0.15, 0.2) is 0 Å². The summed E-state index contributed by atoms with van der Waals surface area (Å²) in [5, 5.41) is 0. The molecule has 5 heteroatoms. The second-order valence-electron chi connectivity index (χ2n) is 2.49. The van der Waals surface area contributed by atoms with Crippen LogP contribution in [0.3, 0.4) is 0 Å². The molecule has 1 aromatic heterocycles. The van der Waals surface area contributed by atoms with Crippen molar-refractivity contribution >= 4 is 46.4 Å². The van der Waals surface area contributed by atoms with E-state index >= 15 is 0 Å². The number of alkyl halides is 4. The van der Waals surface area contributed by atoms with E-state index in [4.69, 9.17) is 46.4 Å². The van der Waals surface area contributed by atoms with Crippen molar-refractivity contribution in [1.29, 1.82) is 0 Å². The Morgan fingerprint density at radius 1 is 1.23 bits per heavy atom. The van der Waals surface area contributed by atoms with Crippen LogP contribution in [0.2, 0.25) is 0 Å². The normalized spacial score (nSPS) is 11.7. The summed E-state index contributed by atoms with van der Waals surface area (Å²) >= 11 is 22.5. The second-order valence-corrected chi connectivity index (χ2v) is 5.15. The molecule has 0 spiro atoms. The van der Waals surface area contributed by atoms with Crippen LogP contribution in [0.25, 0.3) is 0 Å². The van der Waals surface area contributed by atoms with Gasteiger partial charge in [-0.3, -0.25) is 4.98 Å². The quantitative estimate of drug-likeness (QED) is 0.738. The molecule has 0 unspecified atom stereocenters. The van der Waals surface area contributed by atoms with Crippen molar-refractivity contribution in [3.63, 3.8) is 0 Å². The van der Waals surface area contributed by atoms with Crippen LogP contribution < -0.4 is 0 Å². The fraction of sp³-hybridized carbons (Fsp3) is 0.375. The minimum atomic E-state index is -1.44. The molecule has 0 saturated heterocycles. The van der Waals surface area contributed by atoms with E-state index in [-0.39, 0.29) is 0 Å². The number of nitrogens with zero attached hydrogens (tertiary/aromatic N) is 1. The predicted octanol–water partition coefficient (Wildman–Crippen LogP) is 3.69. The molecular formula is C8H7Cl4N. The predicted molar refractivity (Wildman–Crippen MR) is 57.9 cm³/mol. The van der Waals surface area contributed by atoms with E-state index in [9.17, 15) is 0 Å². The summed E-state index contributed by atoms with van der Waals surface area (Å²) in [6.45, 7) is 0. The van der Waals surface area contributed by atoms with Gasteiger partial charge >= 0.3 is 0 Å². The molecule has 0 aromatic carbocycles. The van der Waals surface area contributed by atoms with Gasteiger partial charge in [-0.05, 0) is 18.1 Å². The van der Waals surface area contributed by atoms with Gasteiger partial charge in [-0.15, -0.1) is 11.6 Å². The highest BCUT2D eigenvalue weighted by Crippen LogP contribution is 2.36. The highest BCUT2D eigenvalue weighted by Gasteiger charge is 2.23. The summed E-state index contributed by atoms with van der Waals surface area (Å²) in [5.41, 5.74) is 1.46. The van der Waals surface area contributed by atoms with Crippen molar-refractivity contribution in [3.05, 3.63) is 29.6 Å². The molecule has 1 heterocycles. The van der Waals surface area contributed by atoms with E-state index < -0.39 is 3.79 Å². The zero-order chi connectivity index (χ0) is 9.90. The molecule has 0 amide bonds. The first kappa shape index (κ1) is 11.4. The SMILES string of the molecule is ClCCc1ccc(C(Cl)(Cl)Cl)nc1. The molecule has 0 saturated carbocycles. The van der Waals surface area contributed by atoms with Gasteiger partial charge in [0.05, 0.1) is 5.69 Å².